The molecule has 0 unspecified atom stereocenters. The lowest BCUT2D eigenvalue weighted by Crippen LogP contribution is -2.40. The third kappa shape index (κ3) is 7.63. The molecule has 0 amide bonds. The Labute approximate surface area is 204 Å². The summed E-state index contributed by atoms with van der Waals surface area (Å²) in [6.07, 6.45) is -10.8. The number of aryl methyl sites for hydroxylation is 1. The fourth-order valence-corrected chi connectivity index (χ4v) is 3.45. The Morgan fingerprint density at radius 2 is 1.39 bits per heavy atom. The first-order valence-corrected chi connectivity index (χ1v) is 11.1. The van der Waals surface area contributed by atoms with E-state index in [-0.39, 0.29) is 11.3 Å². The van der Waals surface area contributed by atoms with Gasteiger partial charge < -0.3 is 19.9 Å². The molecule has 3 aromatic carbocycles. The van der Waals surface area contributed by atoms with Crippen LogP contribution in [0.5, 0.6) is 17.2 Å². The van der Waals surface area contributed by atoms with E-state index in [1.165, 1.54) is 24.3 Å². The zero-order valence-electron chi connectivity index (χ0n) is 19.2. The molecule has 0 saturated carbocycles. The molecule has 10 heteroatoms. The Morgan fingerprint density at radius 1 is 0.833 bits per heavy atom. The van der Waals surface area contributed by atoms with Gasteiger partial charge in [-0.05, 0) is 59.5 Å². The predicted molar refractivity (Wildman–Crippen MR) is 122 cm³/mol. The molecule has 0 heterocycles. The van der Waals surface area contributed by atoms with Crippen molar-refractivity contribution in [2.24, 2.45) is 0 Å². The number of benzene rings is 3. The molecule has 3 aromatic rings. The minimum Gasteiger partial charge on any atom is -0.457 e. The summed E-state index contributed by atoms with van der Waals surface area (Å²) in [6, 6.07) is 18.1. The monoisotopic (exact) mass is 513 g/mol. The normalized spacial score (nSPS) is 13.8. The number of rotatable bonds is 11. The second-order valence-electron chi connectivity index (χ2n) is 8.02. The lowest BCUT2D eigenvalue weighted by atomic mass is 9.98. The number of alkyl halides is 6. The van der Waals surface area contributed by atoms with Crippen molar-refractivity contribution in [2.75, 3.05) is 13.2 Å². The van der Waals surface area contributed by atoms with E-state index in [1.54, 1.807) is 30.3 Å². The first-order chi connectivity index (χ1) is 17.0. The topological polar surface area (TPSA) is 50.7 Å². The zero-order valence-corrected chi connectivity index (χ0v) is 19.2. The molecule has 0 aliphatic heterocycles. The Morgan fingerprint density at radius 3 is 1.97 bits per heavy atom. The maximum absolute atomic E-state index is 13.4. The molecule has 194 valence electrons. The summed E-state index contributed by atoms with van der Waals surface area (Å²) < 4.78 is 88.4. The lowest BCUT2D eigenvalue weighted by molar-refractivity contribution is -0.202. The molecule has 0 aromatic heterocycles. The zero-order chi connectivity index (χ0) is 26.3. The van der Waals surface area contributed by atoms with Gasteiger partial charge in [-0.25, -0.2) is 4.39 Å². The van der Waals surface area contributed by atoms with Crippen molar-refractivity contribution in [3.8, 4) is 17.2 Å². The van der Waals surface area contributed by atoms with Crippen molar-refractivity contribution in [2.45, 2.75) is 37.8 Å². The Bertz CT molecular complexity index is 1140. The third-order valence-electron chi connectivity index (χ3n) is 5.24. The molecule has 3 rings (SSSR count). The van der Waals surface area contributed by atoms with Crippen LogP contribution in [0.4, 0.5) is 26.3 Å². The van der Waals surface area contributed by atoms with Crippen LogP contribution in [0.1, 0.15) is 29.7 Å². The quantitative estimate of drug-likeness (QED) is 0.284. The number of ether oxygens (including phenoxy) is 2. The molecule has 0 bridgehead atoms. The van der Waals surface area contributed by atoms with Crippen LogP contribution in [0.2, 0.25) is 0 Å². The van der Waals surface area contributed by atoms with Gasteiger partial charge in [0.05, 0.1) is 6.04 Å². The van der Waals surface area contributed by atoms with Crippen molar-refractivity contribution in [3.05, 3.63) is 89.5 Å². The summed E-state index contributed by atoms with van der Waals surface area (Å²) >= 11 is 0. The van der Waals surface area contributed by atoms with E-state index in [9.17, 15) is 31.4 Å². The van der Waals surface area contributed by atoms with Crippen molar-refractivity contribution in [1.82, 2.24) is 5.32 Å². The highest BCUT2D eigenvalue weighted by Crippen LogP contribution is 2.32. The van der Waals surface area contributed by atoms with Gasteiger partial charge in [-0.2, -0.15) is 22.0 Å². The largest absolute Gasteiger partial charge is 0.457 e. The fourth-order valence-electron chi connectivity index (χ4n) is 3.45. The highest BCUT2D eigenvalue weighted by atomic mass is 19.4. The second kappa shape index (κ2) is 11.7. The molecule has 36 heavy (non-hydrogen) atoms. The summed E-state index contributed by atoms with van der Waals surface area (Å²) in [5, 5.41) is 12.1. The van der Waals surface area contributed by atoms with E-state index in [0.29, 0.717) is 17.1 Å². The summed E-state index contributed by atoms with van der Waals surface area (Å²) in [5.41, 5.74) is 1.73. The highest BCUT2D eigenvalue weighted by molar-refractivity contribution is 5.41. The molecular formula is C26H25F6NO3. The number of halogens is 6. The molecule has 0 aliphatic carbocycles. The first kappa shape index (κ1) is 27.3. The Balaban J connectivity index is 1.93. The van der Waals surface area contributed by atoms with E-state index in [2.05, 4.69) is 10.1 Å². The van der Waals surface area contributed by atoms with Crippen molar-refractivity contribution in [1.29, 1.82) is 0 Å². The van der Waals surface area contributed by atoms with Gasteiger partial charge in [0.15, 0.2) is 12.8 Å². The standard InChI is InChI=1S/C26H25F6NO3/c1-2-17-6-3-9-20(12-17)35-21-10-4-7-18(13-21)24(33-15-23(34)26(30,31)32)19-8-5-11-22(14-19)36-25(28,29)16-27/h3-14,23-24,33-34H,2,15-16H2,1H3/t23-,24-/m1/s1. The number of hydrogen-bond donors (Lipinski definition) is 2. The van der Waals surface area contributed by atoms with Crippen LogP contribution in [0, 0.1) is 0 Å². The summed E-state index contributed by atoms with van der Waals surface area (Å²) in [5.74, 6) is 0.578. The van der Waals surface area contributed by atoms with Gasteiger partial charge in [-0.3, -0.25) is 0 Å². The summed E-state index contributed by atoms with van der Waals surface area (Å²) in [4.78, 5) is 0. The molecule has 4 nitrogen and oxygen atoms in total. The maximum atomic E-state index is 13.4. The van der Waals surface area contributed by atoms with Crippen LogP contribution >= 0.6 is 0 Å². The molecule has 0 saturated heterocycles. The Kier molecular flexibility index (Phi) is 8.86. The SMILES string of the molecule is CCc1cccc(Oc2cccc([C@@H](NC[C@@H](O)C(F)(F)F)c3cccc(OC(F)(F)CF)c3)c2)c1. The van der Waals surface area contributed by atoms with Crippen LogP contribution in [0.3, 0.4) is 0 Å². The van der Waals surface area contributed by atoms with Gasteiger partial charge in [0, 0.05) is 6.54 Å². The molecule has 0 aliphatic rings. The van der Waals surface area contributed by atoms with Gasteiger partial charge >= 0.3 is 12.3 Å². The molecular weight excluding hydrogens is 488 g/mol. The fraction of sp³-hybridized carbons (Fsp3) is 0.308. The van der Waals surface area contributed by atoms with Crippen molar-refractivity contribution in [3.63, 3.8) is 0 Å². The number of aliphatic hydroxyl groups excluding tert-OH is 1. The Hall–Kier alpha value is -3.24. The molecule has 2 atom stereocenters. The second-order valence-corrected chi connectivity index (χ2v) is 8.02. The number of hydrogen-bond acceptors (Lipinski definition) is 4. The molecule has 2 N–H and O–H groups in total. The maximum Gasteiger partial charge on any atom is 0.427 e. The van der Waals surface area contributed by atoms with Gasteiger partial charge in [0.1, 0.15) is 17.2 Å². The number of nitrogens with one attached hydrogen (secondary N) is 1. The van der Waals surface area contributed by atoms with Gasteiger partial charge in [0.25, 0.3) is 0 Å². The average Bonchev–Trinajstić information content (AvgIpc) is 2.84. The van der Waals surface area contributed by atoms with Crippen LogP contribution < -0.4 is 14.8 Å². The minimum atomic E-state index is -4.86. The average molecular weight is 513 g/mol. The smallest absolute Gasteiger partial charge is 0.427 e. The van der Waals surface area contributed by atoms with Crippen LogP contribution in [-0.2, 0) is 6.42 Å². The summed E-state index contributed by atoms with van der Waals surface area (Å²) in [6.45, 7) is -0.925. The van der Waals surface area contributed by atoms with Gasteiger partial charge in [-0.15, -0.1) is 0 Å². The van der Waals surface area contributed by atoms with E-state index < -0.39 is 37.7 Å². The van der Waals surface area contributed by atoms with E-state index >= 15 is 0 Å². The van der Waals surface area contributed by atoms with Gasteiger partial charge in [0.2, 0.25) is 0 Å². The van der Waals surface area contributed by atoms with Gasteiger partial charge in [-0.1, -0.05) is 43.3 Å². The van der Waals surface area contributed by atoms with E-state index in [1.807, 2.05) is 25.1 Å². The van der Waals surface area contributed by atoms with E-state index in [4.69, 9.17) is 4.74 Å². The van der Waals surface area contributed by atoms with E-state index in [0.717, 1.165) is 12.0 Å². The third-order valence-corrected chi connectivity index (χ3v) is 5.24. The summed E-state index contributed by atoms with van der Waals surface area (Å²) in [7, 11) is 0. The lowest BCUT2D eigenvalue weighted by Gasteiger charge is -2.24. The van der Waals surface area contributed by atoms with Crippen LogP contribution in [0.25, 0.3) is 0 Å². The van der Waals surface area contributed by atoms with Crippen molar-refractivity contribution < 1.29 is 40.9 Å². The molecule has 0 fully saturated rings. The number of aliphatic hydroxyl groups is 1. The van der Waals surface area contributed by atoms with Crippen molar-refractivity contribution >= 4 is 0 Å². The predicted octanol–water partition coefficient (Wildman–Crippen LogP) is 6.58. The van der Waals surface area contributed by atoms with Crippen LogP contribution in [0.15, 0.2) is 72.8 Å². The highest BCUT2D eigenvalue weighted by Gasteiger charge is 2.38. The minimum absolute atomic E-state index is 0.252. The molecule has 0 spiro atoms. The van der Waals surface area contributed by atoms with Crippen LogP contribution in [-0.4, -0.2) is 36.7 Å². The first-order valence-electron chi connectivity index (χ1n) is 11.1. The molecule has 0 radical (unpaired) electrons.